The van der Waals surface area contributed by atoms with E-state index in [4.69, 9.17) is 0 Å². The van der Waals surface area contributed by atoms with Crippen molar-refractivity contribution in [2.75, 3.05) is 0 Å². The predicted octanol–water partition coefficient (Wildman–Crippen LogP) is 5.71. The number of hydrogen-bond donors (Lipinski definition) is 2. The highest BCUT2D eigenvalue weighted by Gasteiger charge is 2.31. The van der Waals surface area contributed by atoms with Crippen LogP contribution in [0.15, 0.2) is 64.2 Å². The summed E-state index contributed by atoms with van der Waals surface area (Å²) >= 11 is 0. The van der Waals surface area contributed by atoms with Gasteiger partial charge in [-0.1, -0.05) is 48.5 Å². The zero-order valence-corrected chi connectivity index (χ0v) is 19.7. The van der Waals surface area contributed by atoms with Gasteiger partial charge in [0.15, 0.2) is 0 Å². The lowest BCUT2D eigenvalue weighted by Crippen LogP contribution is -2.30. The first kappa shape index (κ1) is 26.2. The van der Waals surface area contributed by atoms with E-state index >= 15 is 0 Å². The first-order chi connectivity index (χ1) is 16.5. The van der Waals surface area contributed by atoms with Gasteiger partial charge in [0.2, 0.25) is 0 Å². The van der Waals surface area contributed by atoms with Gasteiger partial charge in [-0.3, -0.25) is 9.78 Å². The van der Waals surface area contributed by atoms with Gasteiger partial charge in [0.1, 0.15) is 5.78 Å². The number of benzene rings is 2. The maximum Gasteiger partial charge on any atom is 0.416 e. The van der Waals surface area contributed by atoms with Crippen molar-refractivity contribution < 1.29 is 18.0 Å². The highest BCUT2D eigenvalue weighted by Crippen LogP contribution is 2.40. The standard InChI is InChI=1S/C24H23F3N2O2.C3H6O/c25-24(26,27)19-8-4-5-15(13-19)14-20-21(28-23(31)29-22(20)30)18-11-9-17(10-12-18)16-6-2-1-3-7-16;1-3(2)4/h1-8,13,17-18H,9-12,14H2,(H2,28,29,30,31);1-2H3. The largest absolute Gasteiger partial charge is 0.416 e. The van der Waals surface area contributed by atoms with Gasteiger partial charge in [-0.25, -0.2) is 4.79 Å². The highest BCUT2D eigenvalue weighted by atomic mass is 19.4. The second kappa shape index (κ2) is 11.3. The van der Waals surface area contributed by atoms with Gasteiger partial charge < -0.3 is 9.78 Å². The number of ketones is 1. The molecule has 0 spiro atoms. The monoisotopic (exact) mass is 486 g/mol. The van der Waals surface area contributed by atoms with Crippen molar-refractivity contribution in [3.8, 4) is 0 Å². The SMILES string of the molecule is CC(C)=O.O=c1[nH]c(C2CCC(c3ccccc3)CC2)c(Cc2cccc(C(F)(F)F)c2)c(=O)[nH]1. The average Bonchev–Trinajstić information content (AvgIpc) is 2.81. The van der Waals surface area contributed by atoms with Gasteiger partial charge in [0, 0.05) is 17.7 Å². The van der Waals surface area contributed by atoms with Crippen molar-refractivity contribution in [1.29, 1.82) is 0 Å². The molecule has 1 heterocycles. The molecule has 1 aliphatic carbocycles. The first-order valence-corrected chi connectivity index (χ1v) is 11.6. The Morgan fingerprint density at radius 1 is 0.886 bits per heavy atom. The third-order valence-electron chi connectivity index (χ3n) is 6.12. The van der Waals surface area contributed by atoms with Crippen LogP contribution >= 0.6 is 0 Å². The molecular weight excluding hydrogens is 457 g/mol. The van der Waals surface area contributed by atoms with Crippen LogP contribution in [0.5, 0.6) is 0 Å². The molecule has 0 radical (unpaired) electrons. The van der Waals surface area contributed by atoms with E-state index in [-0.39, 0.29) is 18.1 Å². The van der Waals surface area contributed by atoms with Gasteiger partial charge in [0.05, 0.1) is 5.56 Å². The minimum absolute atomic E-state index is 0.00392. The molecule has 0 bridgehead atoms. The van der Waals surface area contributed by atoms with Crippen molar-refractivity contribution in [2.24, 2.45) is 0 Å². The van der Waals surface area contributed by atoms with Gasteiger partial charge in [-0.15, -0.1) is 0 Å². The lowest BCUT2D eigenvalue weighted by Gasteiger charge is -2.29. The first-order valence-electron chi connectivity index (χ1n) is 11.6. The Morgan fingerprint density at radius 3 is 2.09 bits per heavy atom. The van der Waals surface area contributed by atoms with Crippen LogP contribution in [0.4, 0.5) is 13.2 Å². The van der Waals surface area contributed by atoms with E-state index in [0.29, 0.717) is 22.7 Å². The number of nitrogens with one attached hydrogen (secondary N) is 2. The lowest BCUT2D eigenvalue weighted by molar-refractivity contribution is -0.137. The number of rotatable bonds is 4. The number of aromatic nitrogens is 2. The molecule has 4 rings (SSSR count). The number of halogens is 3. The highest BCUT2D eigenvalue weighted by molar-refractivity contribution is 5.72. The quantitative estimate of drug-likeness (QED) is 0.496. The summed E-state index contributed by atoms with van der Waals surface area (Å²) in [5.74, 6) is 0.592. The molecule has 8 heteroatoms. The number of alkyl halides is 3. The fourth-order valence-corrected chi connectivity index (χ4v) is 4.56. The van der Waals surface area contributed by atoms with Crippen LogP contribution in [0, 0.1) is 0 Å². The molecule has 0 aliphatic heterocycles. The zero-order valence-electron chi connectivity index (χ0n) is 19.7. The summed E-state index contributed by atoms with van der Waals surface area (Å²) in [6.45, 7) is 3.06. The molecule has 0 unspecified atom stereocenters. The number of carbonyl (C=O) groups is 1. The van der Waals surface area contributed by atoms with E-state index in [2.05, 4.69) is 22.1 Å². The molecule has 5 nitrogen and oxygen atoms in total. The second-order valence-corrected chi connectivity index (χ2v) is 9.04. The van der Waals surface area contributed by atoms with Crippen molar-refractivity contribution in [1.82, 2.24) is 9.97 Å². The summed E-state index contributed by atoms with van der Waals surface area (Å²) in [5, 5.41) is 0. The molecule has 2 N–H and O–H groups in total. The summed E-state index contributed by atoms with van der Waals surface area (Å²) in [6, 6.07) is 15.2. The molecule has 1 saturated carbocycles. The number of carbonyl (C=O) groups excluding carboxylic acids is 1. The van der Waals surface area contributed by atoms with Crippen molar-refractivity contribution in [3.63, 3.8) is 0 Å². The Bertz CT molecular complexity index is 1250. The summed E-state index contributed by atoms with van der Waals surface area (Å²) in [6.07, 6.45) is -0.974. The Hall–Kier alpha value is -3.42. The van der Waals surface area contributed by atoms with E-state index in [0.717, 1.165) is 37.8 Å². The van der Waals surface area contributed by atoms with E-state index < -0.39 is 23.0 Å². The van der Waals surface area contributed by atoms with E-state index in [1.54, 1.807) is 6.07 Å². The molecule has 1 aliphatic rings. The molecule has 0 amide bonds. The van der Waals surface area contributed by atoms with Gasteiger partial charge in [-0.05, 0) is 68.6 Å². The van der Waals surface area contributed by atoms with Crippen LogP contribution in [0.3, 0.4) is 0 Å². The summed E-state index contributed by atoms with van der Waals surface area (Å²) in [7, 11) is 0. The van der Waals surface area contributed by atoms with E-state index in [1.807, 2.05) is 18.2 Å². The Morgan fingerprint density at radius 2 is 1.49 bits per heavy atom. The normalized spacial score (nSPS) is 17.9. The van der Waals surface area contributed by atoms with Crippen molar-refractivity contribution in [2.45, 2.75) is 64.0 Å². The van der Waals surface area contributed by atoms with Crippen molar-refractivity contribution >= 4 is 5.78 Å². The van der Waals surface area contributed by atoms with Crippen LogP contribution < -0.4 is 11.2 Å². The van der Waals surface area contributed by atoms with Crippen LogP contribution in [0.2, 0.25) is 0 Å². The predicted molar refractivity (Wildman–Crippen MR) is 129 cm³/mol. The van der Waals surface area contributed by atoms with Crippen LogP contribution in [0.1, 0.15) is 79.3 Å². The number of aromatic amines is 2. The molecule has 0 atom stereocenters. The second-order valence-electron chi connectivity index (χ2n) is 9.04. The molecule has 0 saturated heterocycles. The maximum atomic E-state index is 13.1. The fraction of sp³-hybridized carbons (Fsp3) is 0.370. The molecule has 3 aromatic rings. The van der Waals surface area contributed by atoms with Gasteiger partial charge in [-0.2, -0.15) is 13.2 Å². The molecule has 1 fully saturated rings. The molecule has 186 valence electrons. The fourth-order valence-electron chi connectivity index (χ4n) is 4.56. The Kier molecular flexibility index (Phi) is 8.48. The molecular formula is C27H29F3N2O3. The Balaban J connectivity index is 0.000000795. The smallest absolute Gasteiger partial charge is 0.311 e. The molecule has 1 aromatic heterocycles. The Labute approximate surface area is 201 Å². The van der Waals surface area contributed by atoms with Gasteiger partial charge >= 0.3 is 11.9 Å². The lowest BCUT2D eigenvalue weighted by atomic mass is 9.76. The summed E-state index contributed by atoms with van der Waals surface area (Å²) in [5.41, 5.74) is 0.672. The van der Waals surface area contributed by atoms with E-state index in [9.17, 15) is 27.6 Å². The average molecular weight is 487 g/mol. The number of Topliss-reactive ketones (excluding diaryl/α,β-unsaturated/α-hetero) is 1. The zero-order chi connectivity index (χ0) is 25.6. The minimum Gasteiger partial charge on any atom is -0.311 e. The van der Waals surface area contributed by atoms with Crippen LogP contribution in [-0.4, -0.2) is 15.8 Å². The minimum atomic E-state index is -4.45. The summed E-state index contributed by atoms with van der Waals surface area (Å²) < 4.78 is 39.2. The summed E-state index contributed by atoms with van der Waals surface area (Å²) in [4.78, 5) is 39.0. The molecule has 2 aromatic carbocycles. The topological polar surface area (TPSA) is 82.8 Å². The molecule has 35 heavy (non-hydrogen) atoms. The number of H-pyrrole nitrogens is 2. The van der Waals surface area contributed by atoms with Gasteiger partial charge in [0.25, 0.3) is 5.56 Å². The van der Waals surface area contributed by atoms with Crippen LogP contribution in [0.25, 0.3) is 0 Å². The van der Waals surface area contributed by atoms with E-state index in [1.165, 1.54) is 25.5 Å². The maximum absolute atomic E-state index is 13.1. The third-order valence-corrected chi connectivity index (χ3v) is 6.12. The van der Waals surface area contributed by atoms with Crippen molar-refractivity contribution in [3.05, 3.63) is 103 Å². The van der Waals surface area contributed by atoms with Crippen LogP contribution in [-0.2, 0) is 17.4 Å². The third kappa shape index (κ3) is 7.28. The number of hydrogen-bond acceptors (Lipinski definition) is 3.